The molecule has 0 bridgehead atoms. The third-order valence-electron chi connectivity index (χ3n) is 6.36. The van der Waals surface area contributed by atoms with Gasteiger partial charge in [0.1, 0.15) is 11.5 Å². The molecule has 0 atom stereocenters. The van der Waals surface area contributed by atoms with Crippen LogP contribution in [0.1, 0.15) is 72.7 Å². The second-order valence-corrected chi connectivity index (χ2v) is 26.1. The van der Waals surface area contributed by atoms with Gasteiger partial charge in [-0.3, -0.25) is 0 Å². The quantitative estimate of drug-likeness (QED) is 0.345. The summed E-state index contributed by atoms with van der Waals surface area (Å²) in [7, 11) is -6.91. The highest BCUT2D eigenvalue weighted by molar-refractivity contribution is 6.75. The van der Waals surface area contributed by atoms with E-state index < -0.39 is 31.2 Å². The number of hydrogen-bond donors (Lipinski definition) is 0. The summed E-state index contributed by atoms with van der Waals surface area (Å²) in [4.78, 5) is 13.2. The lowest BCUT2D eigenvalue weighted by atomic mass is 10.2. The van der Waals surface area contributed by atoms with Gasteiger partial charge in [0.15, 0.2) is 0 Å². The van der Waals surface area contributed by atoms with E-state index in [0.29, 0.717) is 17.1 Å². The highest BCUT2D eigenvalue weighted by atomic mass is 28.4. The summed E-state index contributed by atoms with van der Waals surface area (Å²) in [5, 5.41) is 0.0544. The molecule has 8 heteroatoms. The minimum Gasteiger partial charge on any atom is -0.543 e. The molecule has 33 heavy (non-hydrogen) atoms. The lowest BCUT2D eigenvalue weighted by molar-refractivity contribution is 0.0490. The maximum absolute atomic E-state index is 13.2. The van der Waals surface area contributed by atoms with Crippen LogP contribution in [0.2, 0.25) is 49.4 Å². The van der Waals surface area contributed by atoms with Crippen LogP contribution in [0.5, 0.6) is 11.5 Å². The Bertz CT molecular complexity index is 795. The van der Waals surface area contributed by atoms with E-state index in [-0.39, 0.29) is 15.7 Å². The predicted octanol–water partition coefficient (Wildman–Crippen LogP) is 8.13. The smallest absolute Gasteiger partial charge is 0.395 e. The number of rotatable bonds is 7. The van der Waals surface area contributed by atoms with Crippen LogP contribution in [0.15, 0.2) is 18.2 Å². The average Bonchev–Trinajstić information content (AvgIpc) is 2.48. The molecule has 0 aromatic heterocycles. The summed E-state index contributed by atoms with van der Waals surface area (Å²) < 4.78 is 25.1. The molecule has 0 amide bonds. The Kier molecular flexibility index (Phi) is 8.63. The minimum atomic E-state index is -2.69. The Morgan fingerprint density at radius 1 is 0.667 bits per heavy atom. The maximum Gasteiger partial charge on any atom is 0.395 e. The van der Waals surface area contributed by atoms with Gasteiger partial charge in [0, 0.05) is 6.07 Å². The SMILES string of the molecule is CC(C)(C)O[Si](C)(C)OC(=O)c1cc(O[Si](C)(C)C(C)(C)C)cc(O[Si](C)(C)C(C)(C)C)c1. The van der Waals surface area contributed by atoms with E-state index in [0.717, 1.165) is 0 Å². The van der Waals surface area contributed by atoms with E-state index in [1.165, 1.54) is 0 Å². The molecular weight excluding hydrogens is 465 g/mol. The van der Waals surface area contributed by atoms with Crippen molar-refractivity contribution in [3.8, 4) is 11.5 Å². The van der Waals surface area contributed by atoms with E-state index >= 15 is 0 Å². The molecule has 0 radical (unpaired) electrons. The van der Waals surface area contributed by atoms with E-state index in [9.17, 15) is 4.79 Å². The summed E-state index contributed by atoms with van der Waals surface area (Å²) in [6.07, 6.45) is 0. The van der Waals surface area contributed by atoms with Gasteiger partial charge in [-0.15, -0.1) is 0 Å². The molecule has 0 unspecified atom stereocenters. The molecule has 1 aromatic rings. The summed E-state index contributed by atoms with van der Waals surface area (Å²) in [6.45, 7) is 31.6. The first kappa shape index (κ1) is 29.9. The van der Waals surface area contributed by atoms with Crippen molar-refractivity contribution in [2.45, 2.75) is 117 Å². The van der Waals surface area contributed by atoms with Crippen LogP contribution in [-0.4, -0.2) is 36.8 Å². The Labute approximate surface area is 206 Å². The van der Waals surface area contributed by atoms with Crippen molar-refractivity contribution in [1.82, 2.24) is 0 Å². The third kappa shape index (κ3) is 8.88. The number of carbonyl (C=O) groups excluding carboxylic acids is 1. The molecule has 0 heterocycles. The fraction of sp³-hybridized carbons (Fsp3) is 0.720. The van der Waals surface area contributed by atoms with Crippen molar-refractivity contribution >= 4 is 31.2 Å². The highest BCUT2D eigenvalue weighted by Crippen LogP contribution is 2.41. The van der Waals surface area contributed by atoms with Gasteiger partial charge < -0.3 is 17.7 Å². The molecule has 0 aliphatic rings. The van der Waals surface area contributed by atoms with Gasteiger partial charge >= 0.3 is 14.5 Å². The third-order valence-corrected chi connectivity index (χ3v) is 16.9. The van der Waals surface area contributed by atoms with Crippen LogP contribution >= 0.6 is 0 Å². The number of hydrogen-bond acceptors (Lipinski definition) is 5. The summed E-state index contributed by atoms with van der Waals surface area (Å²) in [6, 6.07) is 5.48. The van der Waals surface area contributed by atoms with Crippen LogP contribution in [0.3, 0.4) is 0 Å². The van der Waals surface area contributed by atoms with E-state index in [1.54, 1.807) is 12.1 Å². The highest BCUT2D eigenvalue weighted by Gasteiger charge is 2.41. The van der Waals surface area contributed by atoms with Crippen molar-refractivity contribution < 1.29 is 22.5 Å². The Hall–Kier alpha value is -1.10. The first-order chi connectivity index (χ1) is 14.4. The molecule has 1 rings (SSSR count). The molecular formula is C25H48O5Si3. The predicted molar refractivity (Wildman–Crippen MR) is 146 cm³/mol. The largest absolute Gasteiger partial charge is 0.543 e. The average molecular weight is 513 g/mol. The second kappa shape index (κ2) is 9.51. The molecule has 0 N–H and O–H groups in total. The first-order valence-corrected chi connectivity index (χ1v) is 20.5. The fourth-order valence-corrected chi connectivity index (χ4v) is 6.85. The van der Waals surface area contributed by atoms with Crippen LogP contribution in [0, 0.1) is 0 Å². The van der Waals surface area contributed by atoms with Gasteiger partial charge in [0.2, 0.25) is 16.6 Å². The molecule has 0 fully saturated rings. The standard InChI is InChI=1S/C25H48O5Si3/c1-23(2,3)30-33(14,15)29-22(26)19-16-20(27-31(10,11)24(4,5)6)18-21(17-19)28-32(12,13)25(7,8)9/h16-18H,1-15H3. The van der Waals surface area contributed by atoms with Gasteiger partial charge in [-0.1, -0.05) is 41.5 Å². The topological polar surface area (TPSA) is 54.0 Å². The maximum atomic E-state index is 13.2. The Balaban J connectivity index is 3.43. The number of carbonyl (C=O) groups is 1. The van der Waals surface area contributed by atoms with Crippen molar-refractivity contribution in [2.75, 3.05) is 0 Å². The van der Waals surface area contributed by atoms with E-state index in [1.807, 2.05) is 39.9 Å². The molecule has 0 aliphatic carbocycles. The van der Waals surface area contributed by atoms with E-state index in [4.69, 9.17) is 17.7 Å². The lowest BCUT2D eigenvalue weighted by Gasteiger charge is -2.38. The molecule has 1 aromatic carbocycles. The van der Waals surface area contributed by atoms with Crippen LogP contribution in [0.4, 0.5) is 0 Å². The first-order valence-electron chi connectivity index (χ1n) is 11.8. The van der Waals surface area contributed by atoms with Crippen LogP contribution < -0.4 is 8.85 Å². The van der Waals surface area contributed by atoms with Gasteiger partial charge in [-0.05, 0) is 82.3 Å². The van der Waals surface area contributed by atoms with Gasteiger partial charge in [0.25, 0.3) is 0 Å². The zero-order chi connectivity index (χ0) is 26.3. The summed E-state index contributed by atoms with van der Waals surface area (Å²) in [5.41, 5.74) is 0.0397. The zero-order valence-corrected chi connectivity index (χ0v) is 26.8. The Morgan fingerprint density at radius 3 is 1.33 bits per heavy atom. The van der Waals surface area contributed by atoms with Crippen molar-refractivity contribution in [3.63, 3.8) is 0 Å². The lowest BCUT2D eigenvalue weighted by Crippen LogP contribution is -2.45. The monoisotopic (exact) mass is 512 g/mol. The van der Waals surface area contributed by atoms with Crippen molar-refractivity contribution in [2.24, 2.45) is 0 Å². The molecule has 0 saturated heterocycles. The van der Waals surface area contributed by atoms with Gasteiger partial charge in [-0.2, -0.15) is 0 Å². The van der Waals surface area contributed by atoms with E-state index in [2.05, 4.69) is 67.7 Å². The normalized spacial score (nSPS) is 14.2. The van der Waals surface area contributed by atoms with Crippen molar-refractivity contribution in [3.05, 3.63) is 23.8 Å². The fourth-order valence-electron chi connectivity index (χ4n) is 2.74. The van der Waals surface area contributed by atoms with Crippen LogP contribution in [-0.2, 0) is 8.85 Å². The number of benzene rings is 1. The zero-order valence-electron chi connectivity index (χ0n) is 23.8. The molecule has 0 aliphatic heterocycles. The Morgan fingerprint density at radius 2 is 1.03 bits per heavy atom. The van der Waals surface area contributed by atoms with Gasteiger partial charge in [-0.25, -0.2) is 4.79 Å². The minimum absolute atomic E-state index is 0.0272. The molecule has 5 nitrogen and oxygen atoms in total. The summed E-state index contributed by atoms with van der Waals surface area (Å²) >= 11 is 0. The molecule has 0 saturated carbocycles. The molecule has 0 spiro atoms. The van der Waals surface area contributed by atoms with Gasteiger partial charge in [0.05, 0.1) is 11.2 Å². The van der Waals surface area contributed by atoms with Crippen molar-refractivity contribution in [1.29, 1.82) is 0 Å². The van der Waals surface area contributed by atoms with Crippen LogP contribution in [0.25, 0.3) is 0 Å². The summed E-state index contributed by atoms with van der Waals surface area (Å²) in [5.74, 6) is 0.901. The molecule has 190 valence electrons. The second-order valence-electron chi connectivity index (χ2n) is 13.4.